The van der Waals surface area contributed by atoms with Gasteiger partial charge in [0.15, 0.2) is 0 Å². The van der Waals surface area contributed by atoms with Gasteiger partial charge < -0.3 is 18.9 Å². The minimum atomic E-state index is -4.76. The third-order valence-corrected chi connectivity index (χ3v) is 5.75. The van der Waals surface area contributed by atoms with Gasteiger partial charge in [-0.25, -0.2) is 0 Å². The molecule has 28 heavy (non-hydrogen) atoms. The molecule has 0 heterocycles. The number of rotatable bonds is 22. The van der Waals surface area contributed by atoms with E-state index in [9.17, 15) is 14.4 Å². The van der Waals surface area contributed by atoms with Crippen molar-refractivity contribution in [2.24, 2.45) is 0 Å². The molecule has 0 rings (SSSR count). The molecule has 0 amide bonds. The maximum Gasteiger partial charge on any atom is 2.00 e. The Balaban J connectivity index is 0. The molecule has 0 atom stereocenters. The molecule has 0 aromatic rings. The third-order valence-electron chi connectivity index (χ3n) is 5.25. The smallest absolute Gasteiger partial charge is 0.790 e. The largest absolute Gasteiger partial charge is 2.00 e. The van der Waals surface area contributed by atoms with E-state index in [4.69, 9.17) is 0 Å². The van der Waals surface area contributed by atoms with Crippen LogP contribution in [0.2, 0.25) is 0 Å². The zero-order valence-electron chi connectivity index (χ0n) is 18.6. The molecule has 0 radical (unpaired) electrons. The Morgan fingerprint density at radius 1 is 0.536 bits per heavy atom. The predicted molar refractivity (Wildman–Crippen MR) is 117 cm³/mol. The first-order valence-corrected chi connectivity index (χ1v) is 13.2. The summed E-state index contributed by atoms with van der Waals surface area (Å²) in [5.41, 5.74) is 0. The van der Waals surface area contributed by atoms with Crippen LogP contribution in [0.15, 0.2) is 0 Å². The van der Waals surface area contributed by atoms with Crippen LogP contribution in [0.1, 0.15) is 135 Å². The first kappa shape index (κ1) is 31.9. The molecule has 6 heteroatoms. The molecule has 4 nitrogen and oxygen atoms in total. The van der Waals surface area contributed by atoms with E-state index in [2.05, 4.69) is 11.4 Å². The van der Waals surface area contributed by atoms with Gasteiger partial charge in [0.05, 0.1) is 14.4 Å². The molecule has 0 saturated carbocycles. The fraction of sp³-hybridized carbons (Fsp3) is 1.00. The second-order valence-corrected chi connectivity index (χ2v) is 9.15. The van der Waals surface area contributed by atoms with Crippen molar-refractivity contribution < 1.29 is 18.9 Å². The van der Waals surface area contributed by atoms with Gasteiger partial charge >= 0.3 is 48.9 Å². The summed E-state index contributed by atoms with van der Waals surface area (Å²) in [6, 6.07) is 0. The molecular weight excluding hydrogens is 497 g/mol. The molecule has 0 aromatic heterocycles. The fourth-order valence-corrected chi connectivity index (χ4v) is 3.89. The van der Waals surface area contributed by atoms with Crippen molar-refractivity contribution in [3.8, 4) is 0 Å². The van der Waals surface area contributed by atoms with Crippen molar-refractivity contribution >= 4 is 56.7 Å². The first-order valence-electron chi connectivity index (χ1n) is 11.7. The van der Waals surface area contributed by atoms with Crippen molar-refractivity contribution in [2.75, 3.05) is 6.61 Å². The fourth-order valence-electron chi connectivity index (χ4n) is 3.53. The van der Waals surface area contributed by atoms with Gasteiger partial charge in [0, 0.05) is 0 Å². The normalized spacial score (nSPS) is 11.5. The molecule has 0 spiro atoms. The Bertz CT molecular complexity index is 336. The van der Waals surface area contributed by atoms with Gasteiger partial charge in [0.2, 0.25) is 0 Å². The van der Waals surface area contributed by atoms with Gasteiger partial charge in [-0.15, -0.1) is 0 Å². The molecule has 0 aliphatic heterocycles. The molecule has 0 saturated heterocycles. The molecule has 0 aromatic carbocycles. The van der Waals surface area contributed by atoms with Crippen LogP contribution in [0.4, 0.5) is 0 Å². The Labute approximate surface area is 215 Å². The van der Waals surface area contributed by atoms with Crippen LogP contribution in [0.3, 0.4) is 0 Å². The number of phosphoric ester groups is 1. The van der Waals surface area contributed by atoms with E-state index in [0.29, 0.717) is 6.42 Å². The van der Waals surface area contributed by atoms with Crippen LogP contribution in [-0.2, 0) is 9.09 Å². The van der Waals surface area contributed by atoms with E-state index >= 15 is 0 Å². The molecule has 0 fully saturated rings. The average molecular weight is 542 g/mol. The van der Waals surface area contributed by atoms with Gasteiger partial charge in [-0.3, -0.25) is 0 Å². The van der Waals surface area contributed by atoms with Gasteiger partial charge in [0.1, 0.15) is 0 Å². The first-order chi connectivity index (χ1) is 13.1. The van der Waals surface area contributed by atoms with Gasteiger partial charge in [-0.1, -0.05) is 129 Å². The second kappa shape index (κ2) is 24.9. The molecule has 164 valence electrons. The molecule has 0 unspecified atom stereocenters. The van der Waals surface area contributed by atoms with E-state index < -0.39 is 7.82 Å². The maximum atomic E-state index is 10.3. The van der Waals surface area contributed by atoms with E-state index in [-0.39, 0.29) is 55.5 Å². The monoisotopic (exact) mass is 542 g/mol. The quantitative estimate of drug-likeness (QED) is 0.0919. The zero-order valence-corrected chi connectivity index (χ0v) is 24.0. The summed E-state index contributed by atoms with van der Waals surface area (Å²) in [7, 11) is -4.76. The average Bonchev–Trinajstić information content (AvgIpc) is 2.62. The van der Waals surface area contributed by atoms with E-state index in [1.54, 1.807) is 0 Å². The summed E-state index contributed by atoms with van der Waals surface area (Å²) in [6.45, 7) is 2.32. The maximum absolute atomic E-state index is 10.3. The van der Waals surface area contributed by atoms with Crippen molar-refractivity contribution in [1.82, 2.24) is 0 Å². The molecular formula is C22H45BaO4P. The van der Waals surface area contributed by atoms with Crippen molar-refractivity contribution in [2.45, 2.75) is 135 Å². The van der Waals surface area contributed by atoms with E-state index in [1.165, 1.54) is 109 Å². The number of unbranched alkanes of at least 4 members (excludes halogenated alkanes) is 19. The number of phosphoric acid groups is 1. The molecule has 0 N–H and O–H groups in total. The summed E-state index contributed by atoms with van der Waals surface area (Å²) in [5.74, 6) is 0. The third kappa shape index (κ3) is 29.9. The predicted octanol–water partition coefficient (Wildman–Crippen LogP) is 6.27. The van der Waals surface area contributed by atoms with Gasteiger partial charge in [-0.05, 0) is 6.42 Å². The summed E-state index contributed by atoms with van der Waals surface area (Å²) >= 11 is 0. The number of hydrogen-bond donors (Lipinski definition) is 0. The van der Waals surface area contributed by atoms with Crippen LogP contribution in [-0.4, -0.2) is 55.5 Å². The summed E-state index contributed by atoms with van der Waals surface area (Å²) in [4.78, 5) is 20.6. The second-order valence-electron chi connectivity index (χ2n) is 8.00. The minimum Gasteiger partial charge on any atom is -0.790 e. The van der Waals surface area contributed by atoms with Crippen molar-refractivity contribution in [3.63, 3.8) is 0 Å². The zero-order chi connectivity index (χ0) is 20.1. The Hall–Kier alpha value is 1.68. The minimum absolute atomic E-state index is 0. The van der Waals surface area contributed by atoms with Crippen LogP contribution < -0.4 is 9.79 Å². The Morgan fingerprint density at radius 2 is 0.786 bits per heavy atom. The molecule has 0 aliphatic rings. The summed E-state index contributed by atoms with van der Waals surface area (Å²) < 4.78 is 14.5. The molecule has 0 aliphatic carbocycles. The van der Waals surface area contributed by atoms with Gasteiger partial charge in [0.25, 0.3) is 0 Å². The topological polar surface area (TPSA) is 72.4 Å². The van der Waals surface area contributed by atoms with Crippen molar-refractivity contribution in [3.05, 3.63) is 0 Å². The standard InChI is InChI=1S/C22H47O4P.Ba/c1-2-3-4-5-6-7-8-9-10-11-12-13-14-15-16-17-18-19-20-21-22-26-27(23,24)25;/h2-22H2,1H3,(H2,23,24,25);/q;+2/p-2. The molecule has 0 bridgehead atoms. The van der Waals surface area contributed by atoms with Crippen LogP contribution in [0, 0.1) is 0 Å². The van der Waals surface area contributed by atoms with Gasteiger partial charge in [-0.2, -0.15) is 0 Å². The summed E-state index contributed by atoms with van der Waals surface area (Å²) in [6.07, 6.45) is 26.2. The van der Waals surface area contributed by atoms with Crippen molar-refractivity contribution in [1.29, 1.82) is 0 Å². The Morgan fingerprint density at radius 3 is 1.04 bits per heavy atom. The summed E-state index contributed by atoms with van der Waals surface area (Å²) in [5, 5.41) is 0. The van der Waals surface area contributed by atoms with Crippen LogP contribution in [0.5, 0.6) is 0 Å². The van der Waals surface area contributed by atoms with E-state index in [0.717, 1.165) is 12.8 Å². The number of hydrogen-bond acceptors (Lipinski definition) is 4. The van der Waals surface area contributed by atoms with E-state index in [1.807, 2.05) is 0 Å². The van der Waals surface area contributed by atoms with Crippen LogP contribution in [0.25, 0.3) is 0 Å². The van der Waals surface area contributed by atoms with Crippen LogP contribution >= 0.6 is 7.82 Å². The SMILES string of the molecule is CCCCCCCCCCCCCCCCCCCCCCOP(=O)([O-])[O-].[Ba+2]. The Kier molecular flexibility index (Phi) is 28.4.